The molecule has 0 radical (unpaired) electrons. The molecule has 0 aliphatic carbocycles. The zero-order chi connectivity index (χ0) is 20.8. The third-order valence-corrected chi connectivity index (χ3v) is 4.62. The number of halogens is 2. The lowest BCUT2D eigenvalue weighted by Gasteiger charge is -2.35. The number of urea groups is 1. The Balaban J connectivity index is 2.45. The summed E-state index contributed by atoms with van der Waals surface area (Å²) in [7, 11) is 0. The fraction of sp³-hybridized carbons (Fsp3) is 0.421. The minimum absolute atomic E-state index is 0.215. The van der Waals surface area contributed by atoms with E-state index in [-0.39, 0.29) is 12.6 Å². The van der Waals surface area contributed by atoms with E-state index in [0.29, 0.717) is 29.1 Å². The Morgan fingerprint density at radius 3 is 2.64 bits per heavy atom. The maximum absolute atomic E-state index is 12.6. The van der Waals surface area contributed by atoms with Crippen LogP contribution in [-0.4, -0.2) is 40.8 Å². The quantitative estimate of drug-likeness (QED) is 0.512. The van der Waals surface area contributed by atoms with Crippen LogP contribution in [0.25, 0.3) is 0 Å². The first-order valence-electron chi connectivity index (χ1n) is 8.95. The molecule has 0 bridgehead atoms. The lowest BCUT2D eigenvalue weighted by atomic mass is 9.94. The number of benzene rings is 1. The van der Waals surface area contributed by atoms with Crippen molar-refractivity contribution in [3.8, 4) is 0 Å². The number of amides is 3. The zero-order valence-electron chi connectivity index (χ0n) is 15.9. The summed E-state index contributed by atoms with van der Waals surface area (Å²) in [4.78, 5) is 37.3. The molecule has 1 atom stereocenters. The molecule has 1 unspecified atom stereocenters. The molecule has 28 heavy (non-hydrogen) atoms. The van der Waals surface area contributed by atoms with Crippen molar-refractivity contribution in [2.45, 2.75) is 38.1 Å². The predicted octanol–water partition coefficient (Wildman–Crippen LogP) is 3.74. The summed E-state index contributed by atoms with van der Waals surface area (Å²) < 4.78 is 5.21. The SMILES string of the molecule is CCCN1C(=O)NC(c2cccc(NC(=O)C(Cl)Cl)c2)C(C(=O)OCC)=C1C. The van der Waals surface area contributed by atoms with Crippen molar-refractivity contribution in [3.63, 3.8) is 0 Å². The van der Waals surface area contributed by atoms with Crippen molar-refractivity contribution in [2.75, 3.05) is 18.5 Å². The number of nitrogens with one attached hydrogen (secondary N) is 2. The highest BCUT2D eigenvalue weighted by molar-refractivity contribution is 6.54. The van der Waals surface area contributed by atoms with Crippen molar-refractivity contribution in [3.05, 3.63) is 41.1 Å². The van der Waals surface area contributed by atoms with E-state index < -0.39 is 22.8 Å². The van der Waals surface area contributed by atoms with Gasteiger partial charge in [-0.25, -0.2) is 9.59 Å². The van der Waals surface area contributed by atoms with Crippen molar-refractivity contribution in [2.24, 2.45) is 0 Å². The molecule has 152 valence electrons. The molecule has 0 saturated heterocycles. The van der Waals surface area contributed by atoms with Crippen LogP contribution in [0.2, 0.25) is 0 Å². The van der Waals surface area contributed by atoms with Gasteiger partial charge in [-0.05, 0) is 38.0 Å². The smallest absolute Gasteiger partial charge is 0.338 e. The standard InChI is InChI=1S/C19H23Cl2N3O4/c1-4-9-24-11(3)14(18(26)28-5-2)15(23-19(24)27)12-7-6-8-13(10-12)22-17(25)16(20)21/h6-8,10,15-16H,4-5,9H2,1-3H3,(H,22,25)(H,23,27). The van der Waals surface area contributed by atoms with Crippen molar-refractivity contribution in [1.29, 1.82) is 0 Å². The van der Waals surface area contributed by atoms with E-state index in [9.17, 15) is 14.4 Å². The van der Waals surface area contributed by atoms with Crippen LogP contribution in [0.4, 0.5) is 10.5 Å². The molecule has 2 rings (SSSR count). The Morgan fingerprint density at radius 1 is 1.32 bits per heavy atom. The summed E-state index contributed by atoms with van der Waals surface area (Å²) in [5.41, 5.74) is 1.96. The van der Waals surface area contributed by atoms with Gasteiger partial charge >= 0.3 is 12.0 Å². The van der Waals surface area contributed by atoms with Crippen LogP contribution in [0.3, 0.4) is 0 Å². The van der Waals surface area contributed by atoms with E-state index in [1.165, 1.54) is 4.90 Å². The Hall–Kier alpha value is -2.25. The van der Waals surface area contributed by atoms with E-state index in [0.717, 1.165) is 6.42 Å². The van der Waals surface area contributed by atoms with Crippen LogP contribution in [-0.2, 0) is 14.3 Å². The van der Waals surface area contributed by atoms with E-state index in [1.54, 1.807) is 38.1 Å². The molecule has 0 saturated carbocycles. The first kappa shape index (κ1) is 22.0. The average Bonchev–Trinajstić information content (AvgIpc) is 2.64. The van der Waals surface area contributed by atoms with Gasteiger partial charge in [0.1, 0.15) is 0 Å². The van der Waals surface area contributed by atoms with Gasteiger partial charge in [0.15, 0.2) is 4.84 Å². The monoisotopic (exact) mass is 427 g/mol. The summed E-state index contributed by atoms with van der Waals surface area (Å²) in [6, 6.07) is 5.76. The molecule has 1 aliphatic heterocycles. The fourth-order valence-corrected chi connectivity index (χ4v) is 3.10. The number of ether oxygens (including phenoxy) is 1. The molecule has 0 fully saturated rings. The van der Waals surface area contributed by atoms with E-state index in [1.807, 2.05) is 6.92 Å². The van der Waals surface area contributed by atoms with Gasteiger partial charge in [-0.1, -0.05) is 42.3 Å². The topological polar surface area (TPSA) is 87.7 Å². The maximum Gasteiger partial charge on any atom is 0.338 e. The second-order valence-corrected chi connectivity index (χ2v) is 7.27. The first-order chi connectivity index (χ1) is 13.3. The molecule has 9 heteroatoms. The number of esters is 1. The van der Waals surface area contributed by atoms with E-state index >= 15 is 0 Å². The number of rotatable bonds is 7. The molecule has 1 aromatic rings. The Kier molecular flexibility index (Phi) is 7.71. The number of nitrogens with zero attached hydrogens (tertiary/aromatic N) is 1. The van der Waals surface area contributed by atoms with Gasteiger partial charge in [0.25, 0.3) is 5.91 Å². The summed E-state index contributed by atoms with van der Waals surface area (Å²) in [5, 5.41) is 5.44. The Bertz CT molecular complexity index is 795. The molecular weight excluding hydrogens is 405 g/mol. The summed E-state index contributed by atoms with van der Waals surface area (Å²) in [6.07, 6.45) is 0.741. The van der Waals surface area contributed by atoms with Crippen LogP contribution in [0, 0.1) is 0 Å². The lowest BCUT2D eigenvalue weighted by molar-refractivity contribution is -0.139. The molecule has 2 N–H and O–H groups in total. The lowest BCUT2D eigenvalue weighted by Crippen LogP contribution is -2.48. The van der Waals surface area contributed by atoms with Gasteiger partial charge < -0.3 is 15.4 Å². The zero-order valence-corrected chi connectivity index (χ0v) is 17.4. The number of hydrogen-bond acceptors (Lipinski definition) is 4. The number of hydrogen-bond donors (Lipinski definition) is 2. The number of carbonyl (C=O) groups excluding carboxylic acids is 3. The largest absolute Gasteiger partial charge is 0.463 e. The molecule has 3 amide bonds. The Morgan fingerprint density at radius 2 is 2.04 bits per heavy atom. The highest BCUT2D eigenvalue weighted by atomic mass is 35.5. The second kappa shape index (κ2) is 9.80. The van der Waals surface area contributed by atoms with Gasteiger partial charge in [0, 0.05) is 17.9 Å². The van der Waals surface area contributed by atoms with Gasteiger partial charge in [-0.15, -0.1) is 0 Å². The highest BCUT2D eigenvalue weighted by Crippen LogP contribution is 2.32. The fourth-order valence-electron chi connectivity index (χ4n) is 2.99. The Labute approximate surface area is 174 Å². The summed E-state index contributed by atoms with van der Waals surface area (Å²) in [6.45, 7) is 6.09. The predicted molar refractivity (Wildman–Crippen MR) is 108 cm³/mol. The number of allylic oxidation sites excluding steroid dienone is 1. The van der Waals surface area contributed by atoms with E-state index in [4.69, 9.17) is 27.9 Å². The van der Waals surface area contributed by atoms with E-state index in [2.05, 4.69) is 10.6 Å². The van der Waals surface area contributed by atoms with Crippen molar-refractivity contribution in [1.82, 2.24) is 10.2 Å². The highest BCUT2D eigenvalue weighted by Gasteiger charge is 2.36. The third kappa shape index (κ3) is 4.97. The van der Waals surface area contributed by atoms with Gasteiger partial charge in [0.05, 0.1) is 18.2 Å². The molecule has 0 aromatic heterocycles. The van der Waals surface area contributed by atoms with Crippen LogP contribution in [0.1, 0.15) is 38.8 Å². The van der Waals surface area contributed by atoms with Crippen LogP contribution >= 0.6 is 23.2 Å². The third-order valence-electron chi connectivity index (χ3n) is 4.22. The molecular formula is C19H23Cl2N3O4. The van der Waals surface area contributed by atoms with Gasteiger partial charge in [0.2, 0.25) is 0 Å². The van der Waals surface area contributed by atoms with Crippen LogP contribution < -0.4 is 10.6 Å². The minimum Gasteiger partial charge on any atom is -0.463 e. The molecule has 1 heterocycles. The molecule has 1 aromatic carbocycles. The summed E-state index contributed by atoms with van der Waals surface area (Å²) >= 11 is 11.1. The number of carbonyl (C=O) groups is 3. The molecule has 0 spiro atoms. The molecule has 7 nitrogen and oxygen atoms in total. The van der Waals surface area contributed by atoms with Crippen LogP contribution in [0.15, 0.2) is 35.5 Å². The van der Waals surface area contributed by atoms with Crippen molar-refractivity contribution < 1.29 is 19.1 Å². The van der Waals surface area contributed by atoms with Crippen LogP contribution in [0.5, 0.6) is 0 Å². The summed E-state index contributed by atoms with van der Waals surface area (Å²) in [5.74, 6) is -1.07. The minimum atomic E-state index is -1.21. The number of anilines is 1. The maximum atomic E-state index is 12.6. The second-order valence-electron chi connectivity index (χ2n) is 6.17. The van der Waals surface area contributed by atoms with Gasteiger partial charge in [-0.2, -0.15) is 0 Å². The normalized spacial score (nSPS) is 16.9. The van der Waals surface area contributed by atoms with Gasteiger partial charge in [-0.3, -0.25) is 9.69 Å². The number of alkyl halides is 2. The van der Waals surface area contributed by atoms with Crippen molar-refractivity contribution >= 4 is 46.8 Å². The first-order valence-corrected chi connectivity index (χ1v) is 9.82. The molecule has 1 aliphatic rings. The average molecular weight is 428 g/mol.